The molecule has 0 unspecified atom stereocenters. The van der Waals surface area contributed by atoms with Crippen LogP contribution in [0.25, 0.3) is 0 Å². The van der Waals surface area contributed by atoms with E-state index in [-0.39, 0.29) is 23.6 Å². The molecule has 0 aromatic heterocycles. The van der Waals surface area contributed by atoms with Gasteiger partial charge in [0, 0.05) is 25.2 Å². The minimum Gasteiger partial charge on any atom is -0.478 e. The van der Waals surface area contributed by atoms with Gasteiger partial charge in [-0.25, -0.2) is 9.18 Å². The van der Waals surface area contributed by atoms with E-state index in [0.717, 1.165) is 6.42 Å². The maximum atomic E-state index is 14.1. The second-order valence-electron chi connectivity index (χ2n) is 6.00. The van der Waals surface area contributed by atoms with Gasteiger partial charge in [-0.1, -0.05) is 12.1 Å². The van der Waals surface area contributed by atoms with Gasteiger partial charge in [-0.2, -0.15) is 0 Å². The summed E-state index contributed by atoms with van der Waals surface area (Å²) in [5, 5.41) is 11.6. The number of aromatic carboxylic acids is 1. The van der Waals surface area contributed by atoms with Crippen molar-refractivity contribution >= 4 is 23.5 Å². The molecule has 0 atom stereocenters. The molecule has 2 N–H and O–H groups in total. The van der Waals surface area contributed by atoms with Gasteiger partial charge < -0.3 is 15.3 Å². The Hall–Kier alpha value is -3.22. The highest BCUT2D eigenvalue weighted by atomic mass is 19.1. The summed E-state index contributed by atoms with van der Waals surface area (Å²) in [6.45, 7) is 0.611. The summed E-state index contributed by atoms with van der Waals surface area (Å²) in [6, 6.07) is 10.1. The number of halogens is 1. The van der Waals surface area contributed by atoms with Gasteiger partial charge in [0.05, 0.1) is 11.1 Å². The molecular weight excluding hydrogens is 339 g/mol. The van der Waals surface area contributed by atoms with E-state index in [1.54, 1.807) is 12.1 Å². The molecule has 1 saturated heterocycles. The van der Waals surface area contributed by atoms with Crippen LogP contribution in [-0.4, -0.2) is 29.4 Å². The molecule has 134 valence electrons. The van der Waals surface area contributed by atoms with E-state index in [1.165, 1.54) is 35.2 Å². The number of carboxylic acid groups (broad SMARTS) is 1. The lowest BCUT2D eigenvalue weighted by atomic mass is 10.1. The number of anilines is 1. The van der Waals surface area contributed by atoms with E-state index in [1.807, 2.05) is 0 Å². The summed E-state index contributed by atoms with van der Waals surface area (Å²) in [5.41, 5.74) is 1.03. The molecule has 7 heteroatoms. The summed E-state index contributed by atoms with van der Waals surface area (Å²) >= 11 is 0. The largest absolute Gasteiger partial charge is 0.478 e. The predicted molar refractivity (Wildman–Crippen MR) is 92.6 cm³/mol. The number of carboxylic acids is 1. The van der Waals surface area contributed by atoms with Crippen molar-refractivity contribution in [3.8, 4) is 0 Å². The zero-order valence-electron chi connectivity index (χ0n) is 13.9. The van der Waals surface area contributed by atoms with Crippen LogP contribution in [0.1, 0.15) is 39.1 Å². The Kier molecular flexibility index (Phi) is 4.97. The van der Waals surface area contributed by atoms with Crippen molar-refractivity contribution in [3.63, 3.8) is 0 Å². The van der Waals surface area contributed by atoms with Crippen LogP contribution < -0.4 is 10.2 Å². The number of hydrogen-bond donors (Lipinski definition) is 2. The van der Waals surface area contributed by atoms with Gasteiger partial charge >= 0.3 is 5.97 Å². The van der Waals surface area contributed by atoms with Crippen LogP contribution in [0.3, 0.4) is 0 Å². The van der Waals surface area contributed by atoms with E-state index in [2.05, 4.69) is 5.32 Å². The summed E-state index contributed by atoms with van der Waals surface area (Å²) in [7, 11) is 0. The van der Waals surface area contributed by atoms with Crippen molar-refractivity contribution in [2.24, 2.45) is 0 Å². The van der Waals surface area contributed by atoms with Crippen LogP contribution in [0.4, 0.5) is 10.1 Å². The monoisotopic (exact) mass is 356 g/mol. The average molecular weight is 356 g/mol. The molecule has 26 heavy (non-hydrogen) atoms. The fraction of sp³-hybridized carbons (Fsp3) is 0.211. The van der Waals surface area contributed by atoms with Crippen molar-refractivity contribution in [1.82, 2.24) is 5.32 Å². The first-order valence-electron chi connectivity index (χ1n) is 8.16. The van der Waals surface area contributed by atoms with E-state index in [4.69, 9.17) is 5.11 Å². The van der Waals surface area contributed by atoms with Crippen LogP contribution in [0.5, 0.6) is 0 Å². The quantitative estimate of drug-likeness (QED) is 0.862. The maximum absolute atomic E-state index is 14.1. The highest BCUT2D eigenvalue weighted by molar-refractivity contribution is 5.99. The van der Waals surface area contributed by atoms with Crippen molar-refractivity contribution in [2.75, 3.05) is 11.4 Å². The van der Waals surface area contributed by atoms with E-state index < -0.39 is 17.7 Å². The fourth-order valence-electron chi connectivity index (χ4n) is 2.87. The van der Waals surface area contributed by atoms with Gasteiger partial charge in [0.1, 0.15) is 5.82 Å². The summed E-state index contributed by atoms with van der Waals surface area (Å²) < 4.78 is 14.1. The molecule has 0 bridgehead atoms. The minimum atomic E-state index is -1.06. The van der Waals surface area contributed by atoms with Gasteiger partial charge in [-0.15, -0.1) is 0 Å². The standard InChI is InChI=1S/C19H17FN2O4/c20-16-7-6-14(22-8-2-5-17(22)23)10-15(16)18(24)21-11-12-3-1-4-13(9-12)19(25)26/h1,3-4,6-7,9-10H,2,5,8,11H2,(H,21,24)(H,25,26). The molecule has 1 aliphatic heterocycles. The number of rotatable bonds is 5. The minimum absolute atomic E-state index is 0.0477. The number of hydrogen-bond acceptors (Lipinski definition) is 3. The topological polar surface area (TPSA) is 86.7 Å². The molecule has 1 aliphatic rings. The van der Waals surface area contributed by atoms with Gasteiger partial charge in [0.25, 0.3) is 5.91 Å². The number of nitrogens with zero attached hydrogens (tertiary/aromatic N) is 1. The molecule has 6 nitrogen and oxygen atoms in total. The van der Waals surface area contributed by atoms with Gasteiger partial charge in [-0.3, -0.25) is 9.59 Å². The van der Waals surface area contributed by atoms with Crippen LogP contribution in [-0.2, 0) is 11.3 Å². The number of carbonyl (C=O) groups excluding carboxylic acids is 2. The molecule has 3 rings (SSSR count). The number of amides is 2. The SMILES string of the molecule is O=C(O)c1cccc(CNC(=O)c2cc(N3CCCC3=O)ccc2F)c1. The van der Waals surface area contributed by atoms with E-state index in [0.29, 0.717) is 24.2 Å². The summed E-state index contributed by atoms with van der Waals surface area (Å²) in [4.78, 5) is 36.7. The molecule has 1 fully saturated rings. The predicted octanol–water partition coefficient (Wildman–Crippen LogP) is 2.58. The zero-order valence-corrected chi connectivity index (χ0v) is 13.9. The second kappa shape index (κ2) is 7.35. The molecule has 2 aromatic carbocycles. The molecule has 2 aromatic rings. The Bertz CT molecular complexity index is 882. The van der Waals surface area contributed by atoms with Gasteiger partial charge in [0.15, 0.2) is 0 Å². The van der Waals surface area contributed by atoms with Gasteiger partial charge in [0.2, 0.25) is 5.91 Å². The Balaban J connectivity index is 1.74. The van der Waals surface area contributed by atoms with Crippen LogP contribution in [0.15, 0.2) is 42.5 Å². The Morgan fingerprint density at radius 2 is 2.00 bits per heavy atom. The van der Waals surface area contributed by atoms with Crippen molar-refractivity contribution < 1.29 is 23.9 Å². The average Bonchev–Trinajstić information content (AvgIpc) is 3.06. The highest BCUT2D eigenvalue weighted by Gasteiger charge is 2.23. The number of nitrogens with one attached hydrogen (secondary N) is 1. The third-order valence-electron chi connectivity index (χ3n) is 4.21. The number of benzene rings is 2. The van der Waals surface area contributed by atoms with Crippen LogP contribution >= 0.6 is 0 Å². The Morgan fingerprint density at radius 3 is 2.69 bits per heavy atom. The lowest BCUT2D eigenvalue weighted by Crippen LogP contribution is -2.26. The van der Waals surface area contributed by atoms with E-state index >= 15 is 0 Å². The van der Waals surface area contributed by atoms with Crippen LogP contribution in [0.2, 0.25) is 0 Å². The van der Waals surface area contributed by atoms with Crippen molar-refractivity contribution in [3.05, 3.63) is 65.0 Å². The Morgan fingerprint density at radius 1 is 1.19 bits per heavy atom. The molecule has 2 amide bonds. The zero-order chi connectivity index (χ0) is 18.7. The first-order chi connectivity index (χ1) is 12.5. The second-order valence-corrected chi connectivity index (χ2v) is 6.00. The van der Waals surface area contributed by atoms with Crippen molar-refractivity contribution in [2.45, 2.75) is 19.4 Å². The molecular formula is C19H17FN2O4. The Labute approximate surface area is 149 Å². The third-order valence-corrected chi connectivity index (χ3v) is 4.21. The lowest BCUT2D eigenvalue weighted by molar-refractivity contribution is -0.117. The first-order valence-corrected chi connectivity index (χ1v) is 8.16. The first kappa shape index (κ1) is 17.6. The highest BCUT2D eigenvalue weighted by Crippen LogP contribution is 2.24. The maximum Gasteiger partial charge on any atom is 0.335 e. The lowest BCUT2D eigenvalue weighted by Gasteiger charge is -2.17. The van der Waals surface area contributed by atoms with Crippen molar-refractivity contribution in [1.29, 1.82) is 0 Å². The number of carbonyl (C=O) groups is 3. The normalized spacial score (nSPS) is 13.7. The molecule has 1 heterocycles. The molecule has 0 radical (unpaired) electrons. The summed E-state index contributed by atoms with van der Waals surface area (Å²) in [5.74, 6) is -2.42. The molecule has 0 saturated carbocycles. The smallest absolute Gasteiger partial charge is 0.335 e. The van der Waals surface area contributed by atoms with Gasteiger partial charge in [-0.05, 0) is 42.3 Å². The molecule has 0 spiro atoms. The van der Waals surface area contributed by atoms with E-state index in [9.17, 15) is 18.8 Å². The van der Waals surface area contributed by atoms with Crippen LogP contribution in [0, 0.1) is 5.82 Å². The third kappa shape index (κ3) is 3.72. The fourth-order valence-corrected chi connectivity index (χ4v) is 2.87. The molecule has 0 aliphatic carbocycles. The summed E-state index contributed by atoms with van der Waals surface area (Å²) in [6.07, 6.45) is 1.18.